The Morgan fingerprint density at radius 1 is 0.410 bits per heavy atom. The number of halogens is 6. The van der Waals surface area contributed by atoms with E-state index in [1.165, 1.54) is 129 Å². The molecule has 0 heterocycles. The molecule has 0 aliphatic carbocycles. The minimum Gasteiger partial charge on any atom is -0.497 e. The lowest BCUT2D eigenvalue weighted by atomic mass is 10.1. The maximum atomic E-state index is 13.4. The van der Waals surface area contributed by atoms with Gasteiger partial charge >= 0.3 is 5.97 Å². The molecule has 0 radical (unpaired) electrons. The van der Waals surface area contributed by atoms with Gasteiger partial charge in [-0.15, -0.1) is 0 Å². The average molecular weight is 1090 g/mol. The van der Waals surface area contributed by atoms with Crippen LogP contribution >= 0.6 is 0 Å². The number of ketones is 2. The number of carbonyl (C=O) groups excluding carboxylic acids is 4. The monoisotopic (exact) mass is 1090 g/mol. The van der Waals surface area contributed by atoms with Crippen molar-refractivity contribution in [2.45, 2.75) is 49.0 Å². The van der Waals surface area contributed by atoms with Gasteiger partial charge in [0.1, 0.15) is 11.6 Å². The number of ether oxygens (including phenoxy) is 7. The highest BCUT2D eigenvalue weighted by Gasteiger charge is 2.15. The molecule has 0 unspecified atom stereocenters. The van der Waals surface area contributed by atoms with Crippen LogP contribution in [0, 0.1) is 34.9 Å². The Hall–Kier alpha value is -8.54. The number of esters is 1. The Balaban J connectivity index is 0.000000913. The molecule has 6 rings (SSSR count). The van der Waals surface area contributed by atoms with Crippen molar-refractivity contribution in [1.82, 2.24) is 4.90 Å². The number of nitrogens with zero attached hydrogens (tertiary/aromatic N) is 1. The van der Waals surface area contributed by atoms with Crippen molar-refractivity contribution < 1.29 is 78.7 Å². The fraction of sp³-hybridized carbons (Fsp3) is 0.267. The third-order valence-electron chi connectivity index (χ3n) is 10.4. The van der Waals surface area contributed by atoms with E-state index in [9.17, 15) is 45.5 Å². The van der Waals surface area contributed by atoms with E-state index in [0.717, 1.165) is 17.2 Å². The van der Waals surface area contributed by atoms with Gasteiger partial charge in [-0.3, -0.25) is 14.4 Å². The Bertz CT molecular complexity index is 2880. The lowest BCUT2D eigenvalue weighted by Gasteiger charge is -2.18. The van der Waals surface area contributed by atoms with E-state index in [1.54, 1.807) is 49.3 Å². The van der Waals surface area contributed by atoms with Gasteiger partial charge < -0.3 is 38.1 Å². The molecular formula is C60H69F6NO11. The zero-order valence-electron chi connectivity index (χ0n) is 45.4. The van der Waals surface area contributed by atoms with Crippen molar-refractivity contribution in [1.29, 1.82) is 0 Å². The summed E-state index contributed by atoms with van der Waals surface area (Å²) in [5, 5.41) is 0. The molecule has 0 aliphatic heterocycles. The van der Waals surface area contributed by atoms with Crippen LogP contribution in [0.25, 0.3) is 11.1 Å². The van der Waals surface area contributed by atoms with Crippen LogP contribution in [0.15, 0.2) is 122 Å². The van der Waals surface area contributed by atoms with E-state index in [-0.39, 0.29) is 70.8 Å². The predicted molar refractivity (Wildman–Crippen MR) is 292 cm³/mol. The highest BCUT2D eigenvalue weighted by Crippen LogP contribution is 2.24. The van der Waals surface area contributed by atoms with Crippen LogP contribution in [-0.4, -0.2) is 91.2 Å². The number of benzene rings is 6. The fourth-order valence-electron chi connectivity index (χ4n) is 6.06. The molecule has 422 valence electrons. The molecule has 78 heavy (non-hydrogen) atoms. The Labute approximate surface area is 453 Å². The molecule has 0 saturated heterocycles. The van der Waals surface area contributed by atoms with E-state index < -0.39 is 29.2 Å². The number of amides is 1. The molecule has 1 amide bonds. The van der Waals surface area contributed by atoms with Gasteiger partial charge in [-0.25, -0.2) is 31.1 Å². The standard InChI is InChI=1S/C12H16FNO2.2C10H11FO.C9H9FO3.2C9H9FO2.CH4/c1-4-14(5-2)12(15)9-6-7-11(16-3)10(13)8-9;1-7(2)9-6-8(12-3)4-5-10(9)11;1-7(2)8-4-5-9(11)10(6-8)12-3;1-12-8-4-3-6(5-7(8)10)9(11)13-2;2*1-6(11)7-3-4-9(12-2)8(10)5-7;/h6-8H,4-5H2,1-3H3;2*4-6H,1H2,2-3H3;3-5H,1-2H3;2*3-5H,1-2H3;1H4. The van der Waals surface area contributed by atoms with Crippen LogP contribution in [0.1, 0.15) is 102 Å². The maximum absolute atomic E-state index is 13.4. The number of hydrogen-bond donors (Lipinski definition) is 0. The Morgan fingerprint density at radius 3 is 1.10 bits per heavy atom. The van der Waals surface area contributed by atoms with Gasteiger partial charge in [0.05, 0.1) is 55.3 Å². The number of hydrogen-bond acceptors (Lipinski definition) is 11. The summed E-state index contributed by atoms with van der Waals surface area (Å²) in [4.78, 5) is 46.0. The zero-order chi connectivity index (χ0) is 58.5. The second-order valence-corrected chi connectivity index (χ2v) is 15.7. The summed E-state index contributed by atoms with van der Waals surface area (Å²) in [6, 6.07) is 25.7. The number of carbonyl (C=O) groups is 4. The summed E-state index contributed by atoms with van der Waals surface area (Å²) in [6.07, 6.45) is 0. The quantitative estimate of drug-likeness (QED) is 0.0586. The lowest BCUT2D eigenvalue weighted by molar-refractivity contribution is 0.0599. The van der Waals surface area contributed by atoms with Crippen LogP contribution in [-0.2, 0) is 4.74 Å². The number of allylic oxidation sites excluding steroid dienone is 2. The Morgan fingerprint density at radius 2 is 0.769 bits per heavy atom. The predicted octanol–water partition coefficient (Wildman–Crippen LogP) is 14.4. The first-order valence-corrected chi connectivity index (χ1v) is 23.1. The van der Waals surface area contributed by atoms with Gasteiger partial charge in [0.25, 0.3) is 5.91 Å². The minimum absolute atomic E-state index is 0. The molecule has 0 aliphatic rings. The van der Waals surface area contributed by atoms with E-state index in [0.29, 0.717) is 46.7 Å². The SMILES string of the molecule is C.C=C(C)c1cc(OC)ccc1F.C=C(C)c1ccc(F)c(OC)c1.CCN(CC)C(=O)c1ccc(OC)c(F)c1.COC(=O)c1ccc(OC)c(F)c1.COc1ccc(C(C)=O)cc1F.COc1ccc(C(C)=O)cc1F. The van der Waals surface area contributed by atoms with E-state index in [1.807, 2.05) is 20.8 Å². The normalized spacial score (nSPS) is 9.53. The molecule has 6 aromatic rings. The van der Waals surface area contributed by atoms with Crippen molar-refractivity contribution in [3.05, 3.63) is 191 Å². The van der Waals surface area contributed by atoms with Crippen molar-refractivity contribution >= 4 is 34.6 Å². The molecular weight excluding hydrogens is 1020 g/mol. The molecule has 18 heteroatoms. The van der Waals surface area contributed by atoms with Crippen LogP contribution < -0.4 is 28.4 Å². The van der Waals surface area contributed by atoms with Gasteiger partial charge in [-0.05, 0) is 156 Å². The highest BCUT2D eigenvalue weighted by atomic mass is 19.1. The second-order valence-electron chi connectivity index (χ2n) is 15.7. The Kier molecular flexibility index (Phi) is 31.8. The van der Waals surface area contributed by atoms with Gasteiger partial charge in [-0.2, -0.15) is 0 Å². The second kappa shape index (κ2) is 35.7. The van der Waals surface area contributed by atoms with Crippen LogP contribution in [0.2, 0.25) is 0 Å². The molecule has 0 fully saturated rings. The van der Waals surface area contributed by atoms with Gasteiger partial charge in [0, 0.05) is 35.3 Å². The van der Waals surface area contributed by atoms with Crippen LogP contribution in [0.4, 0.5) is 26.3 Å². The third kappa shape index (κ3) is 22.4. The highest BCUT2D eigenvalue weighted by molar-refractivity contribution is 5.95. The third-order valence-corrected chi connectivity index (χ3v) is 10.4. The van der Waals surface area contributed by atoms with Gasteiger partial charge in [0.15, 0.2) is 69.4 Å². The number of Topliss-reactive ketones (excluding diaryl/α,β-unsaturated/α-hetero) is 2. The maximum Gasteiger partial charge on any atom is 0.337 e. The van der Waals surface area contributed by atoms with Crippen molar-refractivity contribution in [3.63, 3.8) is 0 Å². The summed E-state index contributed by atoms with van der Waals surface area (Å²) < 4.78 is 111. The van der Waals surface area contributed by atoms with E-state index in [2.05, 4.69) is 22.6 Å². The molecule has 0 spiro atoms. The van der Waals surface area contributed by atoms with E-state index in [4.69, 9.17) is 23.7 Å². The van der Waals surface area contributed by atoms with E-state index >= 15 is 0 Å². The van der Waals surface area contributed by atoms with Gasteiger partial charge in [-0.1, -0.05) is 32.2 Å². The van der Waals surface area contributed by atoms with Crippen LogP contribution in [0.5, 0.6) is 34.5 Å². The van der Waals surface area contributed by atoms with Crippen LogP contribution in [0.3, 0.4) is 0 Å². The topological polar surface area (TPSA) is 136 Å². The van der Waals surface area contributed by atoms with Crippen molar-refractivity contribution in [3.8, 4) is 34.5 Å². The summed E-state index contributed by atoms with van der Waals surface area (Å²) in [5.74, 6) is -2.29. The zero-order valence-corrected chi connectivity index (χ0v) is 45.4. The average Bonchev–Trinajstić information content (AvgIpc) is 3.41. The van der Waals surface area contributed by atoms with Gasteiger partial charge in [0.2, 0.25) is 0 Å². The summed E-state index contributed by atoms with van der Waals surface area (Å²) in [5.41, 5.74) is 4.23. The molecule has 0 atom stereocenters. The number of rotatable bonds is 14. The first-order valence-electron chi connectivity index (χ1n) is 23.1. The first-order chi connectivity index (χ1) is 36.4. The number of methoxy groups -OCH3 is 7. The molecule has 12 nitrogen and oxygen atoms in total. The summed E-state index contributed by atoms with van der Waals surface area (Å²) >= 11 is 0. The fourth-order valence-corrected chi connectivity index (χ4v) is 6.06. The lowest BCUT2D eigenvalue weighted by Crippen LogP contribution is -2.30. The van der Waals surface area contributed by atoms with Crippen molar-refractivity contribution in [2.24, 2.45) is 0 Å². The molecule has 6 aromatic carbocycles. The van der Waals surface area contributed by atoms with Crippen molar-refractivity contribution in [2.75, 3.05) is 62.9 Å². The first kappa shape index (κ1) is 69.5. The smallest absolute Gasteiger partial charge is 0.337 e. The summed E-state index contributed by atoms with van der Waals surface area (Å²) in [7, 11) is 9.75. The summed E-state index contributed by atoms with van der Waals surface area (Å²) in [6.45, 7) is 18.8. The molecule has 0 aromatic heterocycles. The largest absolute Gasteiger partial charge is 0.497 e. The molecule has 0 N–H and O–H groups in total. The molecule has 0 saturated carbocycles. The minimum atomic E-state index is -0.578. The molecule has 0 bridgehead atoms.